The highest BCUT2D eigenvalue weighted by Crippen LogP contribution is 2.28. The summed E-state index contributed by atoms with van der Waals surface area (Å²) in [4.78, 5) is 6.74. The van der Waals surface area contributed by atoms with Gasteiger partial charge in [-0.25, -0.2) is 4.98 Å². The van der Waals surface area contributed by atoms with Crippen molar-refractivity contribution in [2.24, 2.45) is 0 Å². The lowest BCUT2D eigenvalue weighted by Crippen LogP contribution is -2.21. The average Bonchev–Trinajstić information content (AvgIpc) is 2.66. The summed E-state index contributed by atoms with van der Waals surface area (Å²) in [5, 5.41) is 1.68. The molecule has 0 bridgehead atoms. The number of aromatic nitrogens is 1. The third kappa shape index (κ3) is 4.26. The number of benzene rings is 2. The molecule has 1 heterocycles. The summed E-state index contributed by atoms with van der Waals surface area (Å²) in [7, 11) is 5.39. The Morgan fingerprint density at radius 2 is 1.77 bits per heavy atom. The van der Waals surface area contributed by atoms with Crippen LogP contribution in [0.2, 0.25) is 5.15 Å². The number of para-hydroxylation sites is 1. The quantitative estimate of drug-likeness (QED) is 0.570. The van der Waals surface area contributed by atoms with Crippen LogP contribution in [0.15, 0.2) is 48.5 Å². The Morgan fingerprint density at radius 1 is 1.00 bits per heavy atom. The van der Waals surface area contributed by atoms with E-state index in [9.17, 15) is 0 Å². The number of nitrogens with zero attached hydrogens (tertiary/aromatic N) is 2. The maximum absolute atomic E-state index is 6.37. The lowest BCUT2D eigenvalue weighted by atomic mass is 10.1. The molecular formula is C21H23ClN2O2. The average molecular weight is 371 g/mol. The van der Waals surface area contributed by atoms with Crippen LogP contribution in [0, 0.1) is 0 Å². The number of likely N-dealkylation sites (N-methyl/N-ethyl adjacent to an activating group) is 1. The molecule has 4 nitrogen and oxygen atoms in total. The van der Waals surface area contributed by atoms with Crippen molar-refractivity contribution in [1.82, 2.24) is 9.88 Å². The standard InChI is InChI=1S/C21H23ClN2O2/c1-24(11-10-15-8-9-19(25-2)20(12-15)26-3)14-17-13-16-6-4-5-7-18(16)23-21(17)22/h4-9,12-13H,10-11,14H2,1-3H3. The zero-order chi connectivity index (χ0) is 18.5. The summed E-state index contributed by atoms with van der Waals surface area (Å²) in [6.07, 6.45) is 0.912. The largest absolute Gasteiger partial charge is 0.493 e. The van der Waals surface area contributed by atoms with E-state index in [-0.39, 0.29) is 0 Å². The highest BCUT2D eigenvalue weighted by Gasteiger charge is 2.09. The Bertz CT molecular complexity index is 898. The van der Waals surface area contributed by atoms with Gasteiger partial charge in [0.05, 0.1) is 19.7 Å². The van der Waals surface area contributed by atoms with E-state index in [0.717, 1.165) is 47.5 Å². The monoisotopic (exact) mass is 370 g/mol. The summed E-state index contributed by atoms with van der Waals surface area (Å²) in [5.41, 5.74) is 3.17. The molecule has 0 amide bonds. The highest BCUT2D eigenvalue weighted by molar-refractivity contribution is 6.30. The normalized spacial score (nSPS) is 11.1. The molecular weight excluding hydrogens is 348 g/mol. The summed E-state index contributed by atoms with van der Waals surface area (Å²) < 4.78 is 10.7. The Kier molecular flexibility index (Phi) is 5.96. The number of pyridine rings is 1. The fourth-order valence-electron chi connectivity index (χ4n) is 2.97. The maximum Gasteiger partial charge on any atom is 0.160 e. The van der Waals surface area contributed by atoms with Crippen LogP contribution in [-0.4, -0.2) is 37.7 Å². The first kappa shape index (κ1) is 18.5. The van der Waals surface area contributed by atoms with Crippen LogP contribution in [0.3, 0.4) is 0 Å². The fourth-order valence-corrected chi connectivity index (χ4v) is 3.18. The van der Waals surface area contributed by atoms with Gasteiger partial charge in [-0.15, -0.1) is 0 Å². The molecule has 0 saturated carbocycles. The van der Waals surface area contributed by atoms with Crippen molar-refractivity contribution in [3.05, 3.63) is 64.8 Å². The summed E-state index contributed by atoms with van der Waals surface area (Å²) in [5.74, 6) is 1.51. The van der Waals surface area contributed by atoms with E-state index in [0.29, 0.717) is 5.15 Å². The number of hydrogen-bond donors (Lipinski definition) is 0. The Morgan fingerprint density at radius 3 is 2.54 bits per heavy atom. The van der Waals surface area contributed by atoms with E-state index in [2.05, 4.69) is 35.1 Å². The molecule has 0 N–H and O–H groups in total. The van der Waals surface area contributed by atoms with Crippen LogP contribution < -0.4 is 9.47 Å². The molecule has 0 aliphatic heterocycles. The smallest absolute Gasteiger partial charge is 0.160 e. The van der Waals surface area contributed by atoms with Crippen molar-refractivity contribution in [2.45, 2.75) is 13.0 Å². The molecule has 0 atom stereocenters. The van der Waals surface area contributed by atoms with E-state index in [1.54, 1.807) is 14.2 Å². The number of fused-ring (bicyclic) bond motifs is 1. The van der Waals surface area contributed by atoms with Crippen molar-refractivity contribution in [2.75, 3.05) is 27.8 Å². The van der Waals surface area contributed by atoms with Crippen LogP contribution in [0.4, 0.5) is 0 Å². The SMILES string of the molecule is COc1ccc(CCN(C)Cc2cc3ccccc3nc2Cl)cc1OC. The van der Waals surface area contributed by atoms with E-state index < -0.39 is 0 Å². The minimum atomic E-state index is 0.571. The molecule has 26 heavy (non-hydrogen) atoms. The molecule has 0 spiro atoms. The van der Waals surface area contributed by atoms with E-state index in [1.165, 1.54) is 5.56 Å². The van der Waals surface area contributed by atoms with Crippen LogP contribution in [0.25, 0.3) is 10.9 Å². The topological polar surface area (TPSA) is 34.6 Å². The number of hydrogen-bond acceptors (Lipinski definition) is 4. The molecule has 0 saturated heterocycles. The molecule has 1 aromatic heterocycles. The van der Waals surface area contributed by atoms with Crippen molar-refractivity contribution in [3.63, 3.8) is 0 Å². The molecule has 3 rings (SSSR count). The number of methoxy groups -OCH3 is 2. The number of halogens is 1. The van der Waals surface area contributed by atoms with Gasteiger partial charge < -0.3 is 14.4 Å². The molecule has 0 radical (unpaired) electrons. The van der Waals surface area contributed by atoms with Crippen LogP contribution in [-0.2, 0) is 13.0 Å². The summed E-state index contributed by atoms with van der Waals surface area (Å²) >= 11 is 6.37. The Hall–Kier alpha value is -2.30. The van der Waals surface area contributed by atoms with Gasteiger partial charge in [-0.2, -0.15) is 0 Å². The van der Waals surface area contributed by atoms with Gasteiger partial charge in [0.15, 0.2) is 11.5 Å². The summed E-state index contributed by atoms with van der Waals surface area (Å²) in [6, 6.07) is 16.2. The van der Waals surface area contributed by atoms with E-state index in [4.69, 9.17) is 21.1 Å². The predicted molar refractivity (Wildman–Crippen MR) is 106 cm³/mol. The van der Waals surface area contributed by atoms with E-state index >= 15 is 0 Å². The third-order valence-corrected chi connectivity index (χ3v) is 4.75. The number of ether oxygens (including phenoxy) is 2. The lowest BCUT2D eigenvalue weighted by molar-refractivity contribution is 0.330. The summed E-state index contributed by atoms with van der Waals surface area (Å²) in [6.45, 7) is 1.66. The van der Waals surface area contributed by atoms with Crippen molar-refractivity contribution >= 4 is 22.5 Å². The first-order valence-corrected chi connectivity index (χ1v) is 8.92. The Balaban J connectivity index is 1.66. The first-order valence-electron chi connectivity index (χ1n) is 8.54. The molecule has 5 heteroatoms. The van der Waals surface area contributed by atoms with Gasteiger partial charge in [0, 0.05) is 24.0 Å². The van der Waals surface area contributed by atoms with Crippen LogP contribution in [0.1, 0.15) is 11.1 Å². The Labute approximate surface area is 159 Å². The van der Waals surface area contributed by atoms with Crippen molar-refractivity contribution in [3.8, 4) is 11.5 Å². The highest BCUT2D eigenvalue weighted by atomic mass is 35.5. The fraction of sp³-hybridized carbons (Fsp3) is 0.286. The second kappa shape index (κ2) is 8.39. The number of rotatable bonds is 7. The lowest BCUT2D eigenvalue weighted by Gasteiger charge is -2.18. The van der Waals surface area contributed by atoms with E-state index in [1.807, 2.05) is 30.3 Å². The predicted octanol–water partition coefficient (Wildman–Crippen LogP) is 4.58. The zero-order valence-corrected chi connectivity index (χ0v) is 16.1. The molecule has 0 unspecified atom stereocenters. The molecule has 3 aromatic rings. The van der Waals surface area contributed by atoms with Gasteiger partial charge in [0.25, 0.3) is 0 Å². The van der Waals surface area contributed by atoms with Crippen molar-refractivity contribution in [1.29, 1.82) is 0 Å². The first-order chi connectivity index (χ1) is 12.6. The van der Waals surface area contributed by atoms with Crippen molar-refractivity contribution < 1.29 is 9.47 Å². The van der Waals surface area contributed by atoms with Gasteiger partial charge in [-0.3, -0.25) is 0 Å². The molecule has 0 aliphatic carbocycles. The maximum atomic E-state index is 6.37. The second-order valence-corrected chi connectivity index (χ2v) is 6.67. The molecule has 2 aromatic carbocycles. The van der Waals surface area contributed by atoms with Gasteiger partial charge in [-0.1, -0.05) is 35.9 Å². The van der Waals surface area contributed by atoms with Crippen LogP contribution >= 0.6 is 11.6 Å². The molecule has 136 valence electrons. The molecule has 0 fully saturated rings. The third-order valence-electron chi connectivity index (χ3n) is 4.42. The zero-order valence-electron chi connectivity index (χ0n) is 15.3. The van der Waals surface area contributed by atoms with Gasteiger partial charge in [-0.05, 0) is 43.3 Å². The van der Waals surface area contributed by atoms with Crippen LogP contribution in [0.5, 0.6) is 11.5 Å². The van der Waals surface area contributed by atoms with Gasteiger partial charge >= 0.3 is 0 Å². The van der Waals surface area contributed by atoms with Gasteiger partial charge in [0.2, 0.25) is 0 Å². The minimum absolute atomic E-state index is 0.571. The second-order valence-electron chi connectivity index (χ2n) is 6.31. The molecule has 0 aliphatic rings. The minimum Gasteiger partial charge on any atom is -0.493 e. The van der Waals surface area contributed by atoms with Gasteiger partial charge in [0.1, 0.15) is 5.15 Å².